The van der Waals surface area contributed by atoms with Gasteiger partial charge in [-0.1, -0.05) is 92.6 Å². The Morgan fingerprint density at radius 2 is 0.893 bits per heavy atom. The first-order valence-corrected chi connectivity index (χ1v) is 26.9. The normalized spacial score (nSPS) is 10.5. The van der Waals surface area contributed by atoms with Crippen LogP contribution in [0.2, 0.25) is 10.0 Å². The van der Waals surface area contributed by atoms with Crippen molar-refractivity contribution >= 4 is 92.1 Å². The molecule has 3 heterocycles. The number of rotatable bonds is 16. The summed E-state index contributed by atoms with van der Waals surface area (Å²) in [6.45, 7) is 11.9. The Balaban J connectivity index is 0.000000181. The average Bonchev–Trinajstić information content (AvgIpc) is 3.68. The number of nitrogens with one attached hydrogen (secondary N) is 3. The van der Waals surface area contributed by atoms with Crippen LogP contribution < -0.4 is 30.7 Å². The molecule has 0 radical (unpaired) electrons. The molecule has 3 aromatic heterocycles. The van der Waals surface area contributed by atoms with Gasteiger partial charge in [0, 0.05) is 71.1 Å². The Morgan fingerprint density at radius 3 is 1.30 bits per heavy atom. The second-order valence-electron chi connectivity index (χ2n) is 19.7. The van der Waals surface area contributed by atoms with Gasteiger partial charge in [-0.15, -0.1) is 12.8 Å². The molecule has 15 nitrogen and oxygen atoms in total. The van der Waals surface area contributed by atoms with Crippen LogP contribution in [0.1, 0.15) is 75.5 Å². The summed E-state index contributed by atoms with van der Waals surface area (Å²) >= 11 is 13.0. The van der Waals surface area contributed by atoms with Gasteiger partial charge in [-0.25, -0.2) is 38.7 Å². The number of amides is 3. The molecule has 6 aromatic carbocycles. The van der Waals surface area contributed by atoms with E-state index in [0.717, 1.165) is 40.9 Å². The average molecular weight is 1160 g/mol. The van der Waals surface area contributed by atoms with E-state index in [1.165, 1.54) is 48.4 Å². The summed E-state index contributed by atoms with van der Waals surface area (Å²) < 4.78 is 28.4. The minimum atomic E-state index is -1.09. The van der Waals surface area contributed by atoms with Crippen molar-refractivity contribution in [3.05, 3.63) is 233 Å². The molecule has 3 N–H and O–H groups in total. The molecule has 0 aliphatic carbocycles. The van der Waals surface area contributed by atoms with Gasteiger partial charge in [0.15, 0.2) is 11.6 Å². The van der Waals surface area contributed by atoms with Crippen molar-refractivity contribution in [3.63, 3.8) is 0 Å². The molecule has 0 saturated carbocycles. The zero-order valence-electron chi connectivity index (χ0n) is 46.7. The monoisotopic (exact) mass is 1160 g/mol. The van der Waals surface area contributed by atoms with E-state index in [4.69, 9.17) is 36.0 Å². The minimum absolute atomic E-state index is 0.0718. The fourth-order valence-corrected chi connectivity index (χ4v) is 8.70. The molecule has 0 bridgehead atoms. The highest BCUT2D eigenvalue weighted by molar-refractivity contribution is 6.34. The van der Waals surface area contributed by atoms with Crippen molar-refractivity contribution in [3.8, 4) is 24.7 Å². The van der Waals surface area contributed by atoms with Gasteiger partial charge in [0.1, 0.15) is 19.0 Å². The number of terminal acetylenes is 2. The lowest BCUT2D eigenvalue weighted by Crippen LogP contribution is -2.23. The van der Waals surface area contributed by atoms with Crippen LogP contribution in [-0.4, -0.2) is 67.8 Å². The van der Waals surface area contributed by atoms with E-state index in [0.29, 0.717) is 73.3 Å². The highest BCUT2D eigenvalue weighted by atomic mass is 35.5. The first-order chi connectivity index (χ1) is 40.4. The van der Waals surface area contributed by atoms with Gasteiger partial charge < -0.3 is 30.7 Å². The fourth-order valence-electron chi connectivity index (χ4n) is 8.26. The van der Waals surface area contributed by atoms with Gasteiger partial charge in [-0.3, -0.25) is 14.4 Å². The molecule has 3 amide bonds. The van der Waals surface area contributed by atoms with Crippen LogP contribution in [0.25, 0.3) is 0 Å². The maximum Gasteiger partial charge on any atom is 0.255 e. The lowest BCUT2D eigenvalue weighted by molar-refractivity contribution is 0.101. The number of aryl methyl sites for hydroxylation is 1. The molecule has 9 aromatic rings. The first-order valence-electron chi connectivity index (χ1n) is 26.2. The molecule has 0 saturated heterocycles. The first kappa shape index (κ1) is 61.5. The maximum absolute atomic E-state index is 14.3. The number of nitrogens with zero attached hydrogens (tertiary/aromatic N) is 9. The smallest absolute Gasteiger partial charge is 0.255 e. The van der Waals surface area contributed by atoms with Crippen molar-refractivity contribution < 1.29 is 23.2 Å². The highest BCUT2D eigenvalue weighted by Crippen LogP contribution is 2.37. The van der Waals surface area contributed by atoms with E-state index in [1.807, 2.05) is 42.2 Å². The van der Waals surface area contributed by atoms with Crippen LogP contribution in [0.5, 0.6) is 0 Å². The Bertz CT molecular complexity index is 3830. The van der Waals surface area contributed by atoms with Crippen molar-refractivity contribution in [2.75, 3.05) is 50.8 Å². The van der Waals surface area contributed by atoms with Crippen LogP contribution in [0, 0.1) is 55.1 Å². The molecule has 19 heteroatoms. The predicted molar refractivity (Wildman–Crippen MR) is 331 cm³/mol. The lowest BCUT2D eigenvalue weighted by Gasteiger charge is -2.27. The van der Waals surface area contributed by atoms with Crippen LogP contribution in [0.3, 0.4) is 0 Å². The van der Waals surface area contributed by atoms with Gasteiger partial charge in [0.2, 0.25) is 0 Å². The molecule has 0 atom stereocenters. The third-order valence-corrected chi connectivity index (χ3v) is 12.9. The summed E-state index contributed by atoms with van der Waals surface area (Å²) in [6.07, 6.45) is 25.0. The minimum Gasteiger partial charge on any atom is -0.340 e. The molecule has 0 aliphatic heterocycles. The summed E-state index contributed by atoms with van der Waals surface area (Å²) in [5.74, 6) is 2.71. The zero-order valence-corrected chi connectivity index (χ0v) is 48.2. The summed E-state index contributed by atoms with van der Waals surface area (Å²) in [7, 11) is 1.54. The van der Waals surface area contributed by atoms with Crippen LogP contribution in [0.4, 0.5) is 60.0 Å². The Kier molecular flexibility index (Phi) is 21.7. The molecule has 9 rings (SSSR count). The van der Waals surface area contributed by atoms with Gasteiger partial charge in [-0.2, -0.15) is 0 Å². The predicted octanol–water partition coefficient (Wildman–Crippen LogP) is 14.4. The van der Waals surface area contributed by atoms with E-state index >= 15 is 0 Å². The van der Waals surface area contributed by atoms with Crippen molar-refractivity contribution in [2.24, 2.45) is 11.8 Å². The van der Waals surface area contributed by atoms with Gasteiger partial charge >= 0.3 is 0 Å². The Morgan fingerprint density at radius 1 is 0.512 bits per heavy atom. The van der Waals surface area contributed by atoms with E-state index in [2.05, 4.69) is 90.3 Å². The number of aromatic nitrogens is 6. The molecular weight excluding hydrogens is 1110 g/mol. The summed E-state index contributed by atoms with van der Waals surface area (Å²) in [5, 5.41) is 9.59. The van der Waals surface area contributed by atoms with Crippen molar-refractivity contribution in [2.45, 2.75) is 34.6 Å². The Hall–Kier alpha value is -10.1. The lowest BCUT2D eigenvalue weighted by atomic mass is 10.1. The summed E-state index contributed by atoms with van der Waals surface area (Å²) in [5.41, 5.74) is 8.69. The molecular formula is C65H58Cl2F2N12O3. The van der Waals surface area contributed by atoms with Gasteiger partial charge in [0.25, 0.3) is 17.7 Å². The second kappa shape index (κ2) is 29.6. The van der Waals surface area contributed by atoms with Crippen molar-refractivity contribution in [1.29, 1.82) is 0 Å². The zero-order chi connectivity index (χ0) is 60.3. The standard InChI is InChI=1S/C23H21ClN4O.C22H23ClN4O.C20H14F2N4O/c1-4-17-6-5-7-18(10-17)23(29)27-19-8-9-21(24)22(11-19)28(14-16(2)3)20-12-25-15-26-13-20;1-15(2)13-27(19-11-24-14-25-12-19)21-10-18(7-8-20(21)23)26-22(28)17-6-4-5-16(3)9-17;1-3-13-5-4-6-14(7-13)20(27)25-15-8-17(21)19(22)18(9-15)26(2)16-10-23-12-24-11-16/h1,5-13,15-16H,14H2,2-3H3,(H,27,29);4-12,14-15H,13H2,1-3H3,(H,26,28);1,4-12H,2H3,(H,25,27). The second-order valence-corrected chi connectivity index (χ2v) is 20.5. The van der Waals surface area contributed by atoms with Crippen molar-refractivity contribution in [1.82, 2.24) is 29.9 Å². The maximum atomic E-state index is 14.3. The largest absolute Gasteiger partial charge is 0.340 e. The Labute approximate surface area is 497 Å². The topological polar surface area (TPSA) is 174 Å². The van der Waals surface area contributed by atoms with E-state index in [9.17, 15) is 23.2 Å². The fraction of sp³-hybridized carbons (Fsp3) is 0.154. The van der Waals surface area contributed by atoms with Crippen LogP contribution in [0.15, 0.2) is 177 Å². The number of halogens is 4. The van der Waals surface area contributed by atoms with E-state index in [-0.39, 0.29) is 23.2 Å². The molecule has 0 unspecified atom stereocenters. The molecule has 424 valence electrons. The molecule has 0 fully saturated rings. The number of hydrogen-bond acceptors (Lipinski definition) is 12. The molecule has 0 spiro atoms. The number of benzene rings is 6. The SMILES string of the molecule is C#Cc1cccc(C(=O)Nc2cc(F)c(F)c(N(C)c3cncnc3)c2)c1.C#Cc1cccc(C(=O)Nc2ccc(Cl)c(N(CC(C)C)c3cncnc3)c2)c1.Cc1cccc(C(=O)Nc2ccc(Cl)c(N(CC(C)C)c3cncnc3)c2)c1. The quantitative estimate of drug-likeness (QED) is 0.0782. The summed E-state index contributed by atoms with van der Waals surface area (Å²) in [6, 6.07) is 34.0. The molecule has 0 aliphatic rings. The molecule has 84 heavy (non-hydrogen) atoms. The third kappa shape index (κ3) is 17.0. The number of carbonyl (C=O) groups excluding carboxylic acids is 3. The van der Waals surface area contributed by atoms with Crippen LogP contribution in [-0.2, 0) is 0 Å². The van der Waals surface area contributed by atoms with Crippen LogP contribution >= 0.6 is 23.2 Å². The summed E-state index contributed by atoms with van der Waals surface area (Å²) in [4.78, 5) is 67.3. The number of hydrogen-bond donors (Lipinski definition) is 3. The van der Waals surface area contributed by atoms with Gasteiger partial charge in [-0.05, 0) is 110 Å². The third-order valence-electron chi connectivity index (χ3n) is 12.2. The number of anilines is 9. The van der Waals surface area contributed by atoms with E-state index in [1.54, 1.807) is 105 Å². The number of carbonyl (C=O) groups is 3. The highest BCUT2D eigenvalue weighted by Gasteiger charge is 2.21. The van der Waals surface area contributed by atoms with Gasteiger partial charge in [0.05, 0.1) is 81.4 Å². The van der Waals surface area contributed by atoms with E-state index < -0.39 is 17.5 Å².